The number of aliphatic carboxylic acids is 1. The molecule has 0 bridgehead atoms. The third-order valence-electron chi connectivity index (χ3n) is 3.36. The Balaban J connectivity index is 4.11. The molecule has 0 saturated heterocycles. The summed E-state index contributed by atoms with van der Waals surface area (Å²) in [5.41, 5.74) is -0.788. The highest BCUT2D eigenvalue weighted by molar-refractivity contribution is 5.66. The van der Waals surface area contributed by atoms with Crippen LogP contribution in [0.4, 0.5) is 0 Å². The number of carbonyl (C=O) groups is 1. The monoisotopic (exact) mass is 338 g/mol. The van der Waals surface area contributed by atoms with Gasteiger partial charge in [0.25, 0.3) is 0 Å². The number of aliphatic hydroxyl groups is 3. The normalized spacial score (nSPS) is 17.9. The molecule has 0 aromatic carbocycles. The van der Waals surface area contributed by atoms with Gasteiger partial charge in [-0.15, -0.1) is 0 Å². The molecule has 136 valence electrons. The summed E-state index contributed by atoms with van der Waals surface area (Å²) in [5.74, 6) is -0.910. The van der Waals surface area contributed by atoms with Crippen molar-refractivity contribution >= 4 is 5.97 Å². The predicted molar refractivity (Wildman–Crippen MR) is 95.6 cm³/mol. The Hall–Kier alpha value is -1.69. The summed E-state index contributed by atoms with van der Waals surface area (Å²) in [6, 6.07) is 0. The van der Waals surface area contributed by atoms with Gasteiger partial charge in [0.2, 0.25) is 0 Å². The summed E-state index contributed by atoms with van der Waals surface area (Å²) in [6.07, 6.45) is 13.9. The van der Waals surface area contributed by atoms with Crippen molar-refractivity contribution in [3.8, 4) is 0 Å². The van der Waals surface area contributed by atoms with Gasteiger partial charge in [0.05, 0.1) is 17.8 Å². The van der Waals surface area contributed by atoms with E-state index in [2.05, 4.69) is 0 Å². The molecule has 0 aromatic heterocycles. The Kier molecular flexibility index (Phi) is 11.8. The maximum absolute atomic E-state index is 10.4. The SMILES string of the molecule is CCC[C@](C)(O)/C=C/C=C\C=C\C=C\[C@@H](O)[C@@H](O)CCCC(=O)O. The fraction of sp³-hybridized carbons (Fsp3) is 0.526. The lowest BCUT2D eigenvalue weighted by molar-refractivity contribution is -0.137. The van der Waals surface area contributed by atoms with Crippen molar-refractivity contribution in [3.05, 3.63) is 48.6 Å². The van der Waals surface area contributed by atoms with Crippen LogP contribution in [0.5, 0.6) is 0 Å². The average Bonchev–Trinajstić information content (AvgIpc) is 2.49. The van der Waals surface area contributed by atoms with E-state index in [1.54, 1.807) is 49.5 Å². The number of hydrogen-bond donors (Lipinski definition) is 4. The number of aliphatic hydroxyl groups excluding tert-OH is 2. The van der Waals surface area contributed by atoms with Crippen molar-refractivity contribution in [1.82, 2.24) is 0 Å². The first-order chi connectivity index (χ1) is 11.3. The summed E-state index contributed by atoms with van der Waals surface area (Å²) < 4.78 is 0. The first-order valence-electron chi connectivity index (χ1n) is 8.28. The first-order valence-corrected chi connectivity index (χ1v) is 8.28. The van der Waals surface area contributed by atoms with Crippen LogP contribution in [0.2, 0.25) is 0 Å². The molecule has 0 aromatic rings. The molecule has 0 aliphatic heterocycles. The second-order valence-electron chi connectivity index (χ2n) is 5.96. The van der Waals surface area contributed by atoms with E-state index in [1.807, 2.05) is 6.92 Å². The Morgan fingerprint density at radius 1 is 1.08 bits per heavy atom. The van der Waals surface area contributed by atoms with Crippen LogP contribution in [0.3, 0.4) is 0 Å². The Labute approximate surface area is 144 Å². The molecule has 0 rings (SSSR count). The van der Waals surface area contributed by atoms with Crippen LogP contribution in [0.15, 0.2) is 48.6 Å². The van der Waals surface area contributed by atoms with E-state index in [-0.39, 0.29) is 12.8 Å². The second kappa shape index (κ2) is 12.7. The Morgan fingerprint density at radius 3 is 2.25 bits per heavy atom. The average molecular weight is 338 g/mol. The number of rotatable bonds is 12. The lowest BCUT2D eigenvalue weighted by atomic mass is 10.0. The number of carboxylic acid groups (broad SMARTS) is 1. The van der Waals surface area contributed by atoms with Crippen LogP contribution in [-0.4, -0.2) is 44.2 Å². The summed E-state index contributed by atoms with van der Waals surface area (Å²) >= 11 is 0. The molecule has 0 heterocycles. The van der Waals surface area contributed by atoms with Crippen molar-refractivity contribution in [2.24, 2.45) is 0 Å². The molecule has 0 saturated carbocycles. The van der Waals surface area contributed by atoms with Gasteiger partial charge in [-0.05, 0) is 26.2 Å². The van der Waals surface area contributed by atoms with Crippen molar-refractivity contribution < 1.29 is 25.2 Å². The maximum Gasteiger partial charge on any atom is 0.303 e. The minimum absolute atomic E-state index is 0.0170. The first kappa shape index (κ1) is 22.3. The molecule has 0 amide bonds. The molecule has 0 unspecified atom stereocenters. The van der Waals surface area contributed by atoms with Gasteiger partial charge in [0.15, 0.2) is 0 Å². The topological polar surface area (TPSA) is 98.0 Å². The molecule has 4 N–H and O–H groups in total. The van der Waals surface area contributed by atoms with E-state index >= 15 is 0 Å². The summed E-state index contributed by atoms with van der Waals surface area (Å²) in [5, 5.41) is 37.8. The van der Waals surface area contributed by atoms with Gasteiger partial charge in [-0.3, -0.25) is 4.79 Å². The van der Waals surface area contributed by atoms with Gasteiger partial charge in [0.1, 0.15) is 0 Å². The highest BCUT2D eigenvalue weighted by Gasteiger charge is 2.13. The van der Waals surface area contributed by atoms with Gasteiger partial charge < -0.3 is 20.4 Å². The zero-order valence-corrected chi connectivity index (χ0v) is 14.5. The van der Waals surface area contributed by atoms with E-state index in [9.17, 15) is 20.1 Å². The van der Waals surface area contributed by atoms with Crippen LogP contribution < -0.4 is 0 Å². The van der Waals surface area contributed by atoms with Crippen molar-refractivity contribution in [2.45, 2.75) is 63.8 Å². The molecule has 0 fully saturated rings. The van der Waals surface area contributed by atoms with Gasteiger partial charge in [-0.1, -0.05) is 62.0 Å². The lowest BCUT2D eigenvalue weighted by Gasteiger charge is -2.16. The standard InChI is InChI=1S/C19H30O5/c1-3-14-19(2,24)15-9-7-5-4-6-8-11-16(20)17(21)12-10-13-18(22)23/h4-9,11,15-17,20-21,24H,3,10,12-14H2,1-2H3,(H,22,23)/b6-4+,7-5-,11-8+,15-9+/t16-,17+,19+/m1/s1. The summed E-state index contributed by atoms with van der Waals surface area (Å²) in [7, 11) is 0. The molecule has 3 atom stereocenters. The smallest absolute Gasteiger partial charge is 0.303 e. The van der Waals surface area contributed by atoms with Crippen molar-refractivity contribution in [3.63, 3.8) is 0 Å². The molecule has 24 heavy (non-hydrogen) atoms. The molecule has 0 spiro atoms. The largest absolute Gasteiger partial charge is 0.481 e. The fourth-order valence-corrected chi connectivity index (χ4v) is 2.05. The maximum atomic E-state index is 10.4. The molecule has 0 aliphatic carbocycles. The van der Waals surface area contributed by atoms with Crippen LogP contribution in [-0.2, 0) is 4.79 Å². The Morgan fingerprint density at radius 2 is 1.67 bits per heavy atom. The van der Waals surface area contributed by atoms with E-state index in [4.69, 9.17) is 5.11 Å². The van der Waals surface area contributed by atoms with E-state index in [1.165, 1.54) is 6.08 Å². The highest BCUT2D eigenvalue weighted by atomic mass is 16.4. The molecule has 5 nitrogen and oxygen atoms in total. The number of hydrogen-bond acceptors (Lipinski definition) is 4. The quantitative estimate of drug-likeness (QED) is 0.410. The van der Waals surface area contributed by atoms with Gasteiger partial charge in [-0.2, -0.15) is 0 Å². The zero-order valence-electron chi connectivity index (χ0n) is 14.5. The number of carboxylic acids is 1. The van der Waals surface area contributed by atoms with Crippen LogP contribution in [0, 0.1) is 0 Å². The third-order valence-corrected chi connectivity index (χ3v) is 3.36. The van der Waals surface area contributed by atoms with Gasteiger partial charge in [0, 0.05) is 6.42 Å². The van der Waals surface area contributed by atoms with Gasteiger partial charge >= 0.3 is 5.97 Å². The van der Waals surface area contributed by atoms with Crippen LogP contribution >= 0.6 is 0 Å². The van der Waals surface area contributed by atoms with E-state index in [0.717, 1.165) is 6.42 Å². The van der Waals surface area contributed by atoms with E-state index in [0.29, 0.717) is 12.8 Å². The van der Waals surface area contributed by atoms with Crippen molar-refractivity contribution in [2.75, 3.05) is 0 Å². The molecular weight excluding hydrogens is 308 g/mol. The molecule has 0 radical (unpaired) electrons. The highest BCUT2D eigenvalue weighted by Crippen LogP contribution is 2.13. The second-order valence-corrected chi connectivity index (χ2v) is 5.96. The zero-order chi connectivity index (χ0) is 18.4. The van der Waals surface area contributed by atoms with Crippen LogP contribution in [0.1, 0.15) is 46.0 Å². The number of allylic oxidation sites excluding steroid dienone is 6. The predicted octanol–water partition coefficient (Wildman–Crippen LogP) is 2.74. The lowest BCUT2D eigenvalue weighted by Crippen LogP contribution is -2.23. The van der Waals surface area contributed by atoms with Gasteiger partial charge in [-0.25, -0.2) is 0 Å². The fourth-order valence-electron chi connectivity index (χ4n) is 2.05. The summed E-state index contributed by atoms with van der Waals surface area (Å²) in [6.45, 7) is 3.79. The molecule has 5 heteroatoms. The third kappa shape index (κ3) is 12.8. The summed E-state index contributed by atoms with van der Waals surface area (Å²) in [4.78, 5) is 10.4. The molecular formula is C19H30O5. The van der Waals surface area contributed by atoms with E-state index < -0.39 is 23.8 Å². The molecule has 0 aliphatic rings. The Bertz CT molecular complexity index is 460. The van der Waals surface area contributed by atoms with Crippen LogP contribution in [0.25, 0.3) is 0 Å². The van der Waals surface area contributed by atoms with Crippen molar-refractivity contribution in [1.29, 1.82) is 0 Å². The minimum Gasteiger partial charge on any atom is -0.481 e. The minimum atomic E-state index is -1.02.